The first-order chi connectivity index (χ1) is 13.2. The van der Waals surface area contributed by atoms with Crippen molar-refractivity contribution >= 4 is 5.91 Å². The quantitative estimate of drug-likeness (QED) is 0.815. The van der Waals surface area contributed by atoms with Crippen molar-refractivity contribution in [1.29, 1.82) is 0 Å². The van der Waals surface area contributed by atoms with Gasteiger partial charge in [-0.25, -0.2) is 0 Å². The van der Waals surface area contributed by atoms with E-state index in [0.717, 1.165) is 37.7 Å². The van der Waals surface area contributed by atoms with E-state index in [9.17, 15) is 4.79 Å². The van der Waals surface area contributed by atoms with Crippen LogP contribution >= 0.6 is 0 Å². The van der Waals surface area contributed by atoms with Crippen molar-refractivity contribution in [3.05, 3.63) is 41.7 Å². The first-order valence-corrected chi connectivity index (χ1v) is 9.08. The summed E-state index contributed by atoms with van der Waals surface area (Å²) < 4.78 is 17.8. The van der Waals surface area contributed by atoms with E-state index in [4.69, 9.17) is 14.2 Å². The van der Waals surface area contributed by atoms with Gasteiger partial charge in [0.2, 0.25) is 12.7 Å². The number of benzene rings is 1. The van der Waals surface area contributed by atoms with Crippen LogP contribution in [-0.4, -0.2) is 54.2 Å². The van der Waals surface area contributed by atoms with E-state index in [1.165, 1.54) is 18.4 Å². The Morgan fingerprint density at radius 2 is 2.19 bits per heavy atom. The average molecular weight is 372 g/mol. The van der Waals surface area contributed by atoms with Gasteiger partial charge in [0.15, 0.2) is 11.5 Å². The third kappa shape index (κ3) is 4.23. The summed E-state index contributed by atoms with van der Waals surface area (Å²) in [5.41, 5.74) is 2.36. The lowest BCUT2D eigenvalue weighted by atomic mass is 10.1. The number of aromatic nitrogens is 2. The van der Waals surface area contributed by atoms with Gasteiger partial charge in [0.05, 0.1) is 5.69 Å². The maximum absolute atomic E-state index is 11.8. The summed E-state index contributed by atoms with van der Waals surface area (Å²) >= 11 is 0. The van der Waals surface area contributed by atoms with Crippen LogP contribution in [0.1, 0.15) is 11.3 Å². The zero-order valence-electron chi connectivity index (χ0n) is 15.4. The third-order valence-electron chi connectivity index (χ3n) is 4.84. The van der Waals surface area contributed by atoms with Crippen molar-refractivity contribution in [2.24, 2.45) is 5.92 Å². The van der Waals surface area contributed by atoms with Crippen LogP contribution in [0.4, 0.5) is 0 Å². The Hall–Kier alpha value is -2.58. The van der Waals surface area contributed by atoms with Crippen LogP contribution in [-0.2, 0) is 29.2 Å². The minimum absolute atomic E-state index is 0.0840. The smallest absolute Gasteiger partial charge is 0.245 e. The van der Waals surface area contributed by atoms with E-state index in [0.29, 0.717) is 6.54 Å². The van der Waals surface area contributed by atoms with Crippen LogP contribution < -0.4 is 14.8 Å². The van der Waals surface area contributed by atoms with Crippen LogP contribution in [0.25, 0.3) is 0 Å². The number of nitrogens with one attached hydrogen (secondary N) is 1. The second kappa shape index (κ2) is 7.98. The van der Waals surface area contributed by atoms with Gasteiger partial charge in [-0.2, -0.15) is 5.10 Å². The first-order valence-electron chi connectivity index (χ1n) is 9.08. The molecule has 0 unspecified atom stereocenters. The topological polar surface area (TPSA) is 77.8 Å². The van der Waals surface area contributed by atoms with Gasteiger partial charge in [-0.3, -0.25) is 14.4 Å². The van der Waals surface area contributed by atoms with E-state index >= 15 is 0 Å². The second-order valence-electron chi connectivity index (χ2n) is 6.97. The normalized spacial score (nSPS) is 18.8. The Morgan fingerprint density at radius 3 is 3.07 bits per heavy atom. The molecule has 0 saturated heterocycles. The third-order valence-corrected chi connectivity index (χ3v) is 4.84. The maximum atomic E-state index is 11.8. The van der Waals surface area contributed by atoms with Crippen LogP contribution in [0.3, 0.4) is 0 Å². The predicted octanol–water partition coefficient (Wildman–Crippen LogP) is 1.01. The molecular formula is C19H24N4O4. The van der Waals surface area contributed by atoms with E-state index in [-0.39, 0.29) is 25.2 Å². The molecule has 0 aliphatic carbocycles. The molecule has 1 aromatic carbocycles. The van der Waals surface area contributed by atoms with Crippen LogP contribution in [0, 0.1) is 5.92 Å². The minimum Gasteiger partial charge on any atom is -0.454 e. The Kier molecular flexibility index (Phi) is 5.26. The fraction of sp³-hybridized carbons (Fsp3) is 0.474. The molecule has 1 aromatic heterocycles. The minimum atomic E-state index is -0.0928. The molecule has 3 heterocycles. The molecule has 0 radical (unpaired) electrons. The van der Waals surface area contributed by atoms with Crippen LogP contribution in [0.5, 0.6) is 11.5 Å². The van der Waals surface area contributed by atoms with E-state index in [1.807, 2.05) is 23.0 Å². The lowest BCUT2D eigenvalue weighted by Gasteiger charge is -2.24. The lowest BCUT2D eigenvalue weighted by Crippen LogP contribution is -2.37. The van der Waals surface area contributed by atoms with Gasteiger partial charge in [0, 0.05) is 51.9 Å². The van der Waals surface area contributed by atoms with Gasteiger partial charge in [-0.1, -0.05) is 6.07 Å². The number of methoxy groups -OCH3 is 1. The highest BCUT2D eigenvalue weighted by atomic mass is 16.7. The van der Waals surface area contributed by atoms with Crippen molar-refractivity contribution in [3.63, 3.8) is 0 Å². The van der Waals surface area contributed by atoms with Gasteiger partial charge in [0.1, 0.15) is 6.61 Å². The number of nitrogens with zero attached hydrogens (tertiary/aromatic N) is 3. The Bertz CT molecular complexity index is 807. The van der Waals surface area contributed by atoms with Crippen LogP contribution in [0.2, 0.25) is 0 Å². The lowest BCUT2D eigenvalue weighted by molar-refractivity contribution is -0.124. The van der Waals surface area contributed by atoms with Crippen molar-refractivity contribution in [2.75, 3.05) is 33.6 Å². The molecule has 0 saturated carbocycles. The molecule has 4 rings (SSSR count). The first kappa shape index (κ1) is 17.8. The molecule has 2 aromatic rings. The number of ether oxygens (including phenoxy) is 3. The molecule has 27 heavy (non-hydrogen) atoms. The van der Waals surface area contributed by atoms with E-state index in [1.54, 1.807) is 0 Å². The van der Waals surface area contributed by atoms with Crippen molar-refractivity contribution in [3.8, 4) is 11.5 Å². The number of rotatable bonds is 6. The molecule has 2 aliphatic heterocycles. The molecule has 1 atom stereocenters. The number of fused-ring (bicyclic) bond motifs is 2. The molecule has 8 heteroatoms. The number of hydrogen-bond acceptors (Lipinski definition) is 6. The van der Waals surface area contributed by atoms with Crippen molar-refractivity contribution in [2.45, 2.75) is 19.6 Å². The molecule has 144 valence electrons. The molecule has 1 amide bonds. The van der Waals surface area contributed by atoms with Gasteiger partial charge < -0.3 is 19.5 Å². The van der Waals surface area contributed by atoms with E-state index in [2.05, 4.69) is 27.4 Å². The molecule has 0 fully saturated rings. The van der Waals surface area contributed by atoms with Crippen LogP contribution in [0.15, 0.2) is 30.5 Å². The fourth-order valence-electron chi connectivity index (χ4n) is 3.61. The Morgan fingerprint density at radius 1 is 1.30 bits per heavy atom. The standard InChI is InChI=1S/C19H24N4O4/c1-25-12-19(24)20-7-15-9-22(11-16-4-5-21-23(16)10-15)8-14-2-3-17-18(6-14)27-13-26-17/h2-6,15H,7-13H2,1H3,(H,20,24)/t15-/m0/s1. The predicted molar refractivity (Wildman–Crippen MR) is 97.3 cm³/mol. The maximum Gasteiger partial charge on any atom is 0.245 e. The fourth-order valence-corrected chi connectivity index (χ4v) is 3.61. The molecule has 8 nitrogen and oxygen atoms in total. The summed E-state index contributed by atoms with van der Waals surface area (Å²) in [5.74, 6) is 1.77. The summed E-state index contributed by atoms with van der Waals surface area (Å²) in [6.07, 6.45) is 1.83. The van der Waals surface area contributed by atoms with Gasteiger partial charge in [-0.15, -0.1) is 0 Å². The Labute approximate surface area is 158 Å². The highest BCUT2D eigenvalue weighted by molar-refractivity contribution is 5.77. The highest BCUT2D eigenvalue weighted by Gasteiger charge is 2.23. The highest BCUT2D eigenvalue weighted by Crippen LogP contribution is 2.33. The SMILES string of the molecule is COCC(=O)NC[C@H]1CN(Cc2ccc3c(c2)OCO3)Cc2ccnn2C1. The monoisotopic (exact) mass is 372 g/mol. The number of carbonyl (C=O) groups is 1. The largest absolute Gasteiger partial charge is 0.454 e. The summed E-state index contributed by atoms with van der Waals surface area (Å²) in [4.78, 5) is 14.1. The summed E-state index contributed by atoms with van der Waals surface area (Å²) in [5, 5.41) is 7.39. The zero-order valence-corrected chi connectivity index (χ0v) is 15.4. The molecule has 1 N–H and O–H groups in total. The average Bonchev–Trinajstić information content (AvgIpc) is 3.26. The van der Waals surface area contributed by atoms with Gasteiger partial charge in [0.25, 0.3) is 0 Å². The summed E-state index contributed by atoms with van der Waals surface area (Å²) in [6, 6.07) is 8.13. The zero-order chi connectivity index (χ0) is 18.6. The van der Waals surface area contributed by atoms with Crippen molar-refractivity contribution in [1.82, 2.24) is 20.0 Å². The molecule has 0 spiro atoms. The Balaban J connectivity index is 1.45. The number of amides is 1. The van der Waals surface area contributed by atoms with Crippen molar-refractivity contribution < 1.29 is 19.0 Å². The summed E-state index contributed by atoms with van der Waals surface area (Å²) in [6.45, 7) is 4.23. The van der Waals surface area contributed by atoms with Gasteiger partial charge >= 0.3 is 0 Å². The molecular weight excluding hydrogens is 348 g/mol. The summed E-state index contributed by atoms with van der Waals surface area (Å²) in [7, 11) is 1.52. The number of hydrogen-bond donors (Lipinski definition) is 1. The second-order valence-corrected chi connectivity index (χ2v) is 6.97. The molecule has 0 bridgehead atoms. The number of carbonyl (C=O) groups excluding carboxylic acids is 1. The molecule has 2 aliphatic rings. The van der Waals surface area contributed by atoms with E-state index < -0.39 is 0 Å². The van der Waals surface area contributed by atoms with Gasteiger partial charge in [-0.05, 0) is 23.8 Å².